The van der Waals surface area contributed by atoms with Crippen molar-refractivity contribution in [2.75, 3.05) is 76.1 Å². The molecule has 528 valence electrons. The summed E-state index contributed by atoms with van der Waals surface area (Å²) in [5.74, 6) is -9.02. The minimum absolute atomic E-state index is 0.00783. The van der Waals surface area contributed by atoms with Crippen LogP contribution in [0.3, 0.4) is 0 Å². The average Bonchev–Trinajstić information content (AvgIpc) is 1.67. The summed E-state index contributed by atoms with van der Waals surface area (Å²) < 4.78 is 45.7. The monoisotopic (exact) mass is 1380 g/mol. The molecule has 2 heterocycles. The number of amides is 4. The zero-order valence-electron chi connectivity index (χ0n) is 56.8. The molecule has 4 saturated carbocycles. The molecule has 101 heavy (non-hydrogen) atoms. The fraction of sp³-hybridized carbons (Fsp3) is 0.338. The maximum absolute atomic E-state index is 14.5. The molecule has 2 aliphatic heterocycles. The Hall–Kier alpha value is -11.4. The predicted molar refractivity (Wildman–Crippen MR) is 380 cm³/mol. The zero-order chi connectivity index (χ0) is 71.9. The van der Waals surface area contributed by atoms with Gasteiger partial charge in [-0.05, 0) is 143 Å². The van der Waals surface area contributed by atoms with Gasteiger partial charge in [0, 0.05) is 44.9 Å². The van der Waals surface area contributed by atoms with Crippen LogP contribution >= 0.6 is 0 Å². The second-order valence-corrected chi connectivity index (χ2v) is 25.0. The first-order chi connectivity index (χ1) is 48.9. The molecule has 8 atom stereocenters. The number of methoxy groups -OCH3 is 4. The molecule has 2 unspecified atom stereocenters. The van der Waals surface area contributed by atoms with E-state index >= 15 is 0 Å². The van der Waals surface area contributed by atoms with Gasteiger partial charge in [0.1, 0.15) is 23.0 Å². The van der Waals surface area contributed by atoms with Crippen LogP contribution in [0.15, 0.2) is 163 Å². The molecule has 0 saturated heterocycles. The third kappa shape index (κ3) is 17.7. The molecule has 24 nitrogen and oxygen atoms in total. The number of hydrogen-bond acceptors (Lipinski definition) is 20. The van der Waals surface area contributed by atoms with Crippen LogP contribution in [0.2, 0.25) is 0 Å². The largest absolute Gasteiger partial charge is 0.496 e. The molecule has 10 rings (SSSR count). The Morgan fingerprint density at radius 1 is 0.495 bits per heavy atom. The van der Waals surface area contributed by atoms with E-state index in [4.69, 9.17) is 55.1 Å². The maximum Gasteiger partial charge on any atom is 0.309 e. The van der Waals surface area contributed by atoms with Crippen LogP contribution in [-0.2, 0) is 63.7 Å². The summed E-state index contributed by atoms with van der Waals surface area (Å²) in [4.78, 5) is 112. The van der Waals surface area contributed by atoms with Gasteiger partial charge in [-0.15, -0.1) is 0 Å². The molecular formula is C77H84N8O16. The Bertz CT molecular complexity index is 4020. The van der Waals surface area contributed by atoms with Crippen molar-refractivity contribution in [1.82, 2.24) is 0 Å². The number of rotatable bonds is 11. The van der Waals surface area contributed by atoms with Crippen molar-refractivity contribution in [1.29, 1.82) is 5.41 Å². The fourth-order valence-electron chi connectivity index (χ4n) is 12.3. The van der Waals surface area contributed by atoms with Gasteiger partial charge in [-0.1, -0.05) is 73.4 Å². The van der Waals surface area contributed by atoms with Gasteiger partial charge >= 0.3 is 23.9 Å². The molecule has 6 aliphatic rings. The topological polar surface area (TPSA) is 360 Å². The molecular weight excluding hydrogens is 1290 g/mol. The van der Waals surface area contributed by atoms with Crippen molar-refractivity contribution >= 4 is 92.7 Å². The van der Waals surface area contributed by atoms with Crippen molar-refractivity contribution < 1.29 is 76.3 Å². The average molecular weight is 1380 g/mol. The second-order valence-electron chi connectivity index (χ2n) is 25.0. The number of carbonyl (C=O) groups is 8. The smallest absolute Gasteiger partial charge is 0.309 e. The molecule has 4 aliphatic carbocycles. The van der Waals surface area contributed by atoms with E-state index in [0.29, 0.717) is 72.7 Å². The molecule has 24 heteroatoms. The highest BCUT2D eigenvalue weighted by atomic mass is 16.5. The summed E-state index contributed by atoms with van der Waals surface area (Å²) in [5, 5.41) is 21.8. The molecule has 4 aromatic carbocycles. The van der Waals surface area contributed by atoms with E-state index < -0.39 is 94.8 Å². The highest BCUT2D eigenvalue weighted by Crippen LogP contribution is 2.47. The van der Waals surface area contributed by atoms with Crippen molar-refractivity contribution in [2.45, 2.75) is 64.2 Å². The Labute approximate surface area is 585 Å². The first-order valence-electron chi connectivity index (χ1n) is 33.5. The number of nitrogens with two attached hydrogens (primary N) is 3. The molecule has 0 aromatic heterocycles. The number of allylic oxidation sites excluding steroid dienone is 14. The SMILES string of the molecule is C=C/C=C\C(N)=C1\C(=N)\C=C/C=C(c2c(OC)cccc2OC)/C=C/C=C(N)/C(=C(N)/C=C\CCc2c(OC)cccc2OC)c2c3cccc2NC(=O)[C@@H]2C[C@@H]2C(=O)OCCCCOC(=O)C2C[C@H]2C(=O)Nc2cccc(c21)NC(=O)[C@@H]1C[C@@H]1C(=O)OCCCCOC(=O)C1C[C@H]1C(=O)N3. The standard InChI is InChI=1S/C77H84N8O16/c1-6-7-23-53(78)66-55(80)25-14-20-43(65-63(96-4)33-19-34-64(65)97-5)21-15-26-56(81)67(54(79)24-9-8-22-44-61(94-2)31-18-32-62(44)95-3)69-59-29-17-30-60(69)85-73(89)48-42-52(48)77(93)101-38-13-11-36-99-75(91)50-40-46(50)71(87)83-58-28-16-27-57(68(58)66)82-70(86)45-39-49(45)74(90)98-35-10-12-37-100-76(92)51-41-47(51)72(88)84-59/h6-7,9,14-21,23-34,45-52,80H,1,8,10-13,22,35-42,78-79,81H2,2-5H3,(H,82,86)(H,83,87)(H,84,88)(H,85,89)/b21-15+,23-7-,24-9-,25-14-,43-20-,56-26-,66-53+,67-54+,80-55?/t45-,46-,47-,48-,49+,50?,51?,52+/m1/s1. The number of ether oxygens (including phenoxy) is 8. The number of anilines is 4. The minimum Gasteiger partial charge on any atom is -0.496 e. The Morgan fingerprint density at radius 2 is 0.861 bits per heavy atom. The predicted octanol–water partition coefficient (Wildman–Crippen LogP) is 9.81. The van der Waals surface area contributed by atoms with Crippen LogP contribution in [0.1, 0.15) is 80.0 Å². The number of cyclic esters (lactones) is 4. The van der Waals surface area contributed by atoms with E-state index in [0.717, 1.165) is 5.56 Å². The van der Waals surface area contributed by atoms with E-state index in [-0.39, 0.29) is 120 Å². The third-order valence-electron chi connectivity index (χ3n) is 18.2. The highest BCUT2D eigenvalue weighted by molar-refractivity contribution is 6.31. The Balaban J connectivity index is 1.14. The quantitative estimate of drug-likeness (QED) is 0.0393. The van der Waals surface area contributed by atoms with Crippen LogP contribution in [0.25, 0.3) is 16.7 Å². The zero-order valence-corrected chi connectivity index (χ0v) is 56.8. The molecule has 4 amide bonds. The number of hydrogen-bond donors (Lipinski definition) is 8. The number of carbonyl (C=O) groups excluding carboxylic acids is 8. The summed E-state index contributed by atoms with van der Waals surface area (Å²) in [5.41, 5.74) is 24.1. The maximum atomic E-state index is 14.5. The van der Waals surface area contributed by atoms with Gasteiger partial charge in [0.15, 0.2) is 0 Å². The molecule has 11 N–H and O–H groups in total. The lowest BCUT2D eigenvalue weighted by Gasteiger charge is -2.21. The van der Waals surface area contributed by atoms with Crippen molar-refractivity contribution in [3.63, 3.8) is 0 Å². The van der Waals surface area contributed by atoms with Gasteiger partial charge in [0.05, 0.1) is 136 Å². The summed E-state index contributed by atoms with van der Waals surface area (Å²) in [7, 11) is 6.12. The molecule has 2 bridgehead atoms. The molecule has 0 spiro atoms. The molecule has 4 fully saturated rings. The van der Waals surface area contributed by atoms with E-state index in [1.165, 1.54) is 32.4 Å². The lowest BCUT2D eigenvalue weighted by Crippen LogP contribution is -2.22. The lowest BCUT2D eigenvalue weighted by molar-refractivity contribution is -0.148. The van der Waals surface area contributed by atoms with Crippen molar-refractivity contribution in [3.05, 3.63) is 186 Å². The van der Waals surface area contributed by atoms with Gasteiger partial charge in [-0.2, -0.15) is 0 Å². The van der Waals surface area contributed by atoms with Crippen LogP contribution < -0.4 is 57.4 Å². The van der Waals surface area contributed by atoms with Crippen molar-refractivity contribution in [3.8, 4) is 23.0 Å². The van der Waals surface area contributed by atoms with Gasteiger partial charge in [0.2, 0.25) is 23.6 Å². The van der Waals surface area contributed by atoms with Gasteiger partial charge in [-0.25, -0.2) is 0 Å². The van der Waals surface area contributed by atoms with Crippen LogP contribution in [0, 0.1) is 52.8 Å². The van der Waals surface area contributed by atoms with E-state index in [2.05, 4.69) is 27.8 Å². The van der Waals surface area contributed by atoms with E-state index in [9.17, 15) is 43.8 Å². The van der Waals surface area contributed by atoms with Crippen LogP contribution in [0.4, 0.5) is 22.7 Å². The molecule has 4 aromatic rings. The lowest BCUT2D eigenvalue weighted by atomic mass is 9.93. The normalized spacial score (nSPS) is 26.1. The Kier molecular flexibility index (Phi) is 23.9. The van der Waals surface area contributed by atoms with Crippen molar-refractivity contribution in [2.24, 2.45) is 64.5 Å². The number of fused-ring (bicyclic) bond motifs is 10. The van der Waals surface area contributed by atoms with Gasteiger partial charge < -0.3 is 81.8 Å². The number of nitrogens with one attached hydrogen (secondary N) is 5. The summed E-state index contributed by atoms with van der Waals surface area (Å²) >= 11 is 0. The van der Waals surface area contributed by atoms with E-state index in [1.807, 2.05) is 24.3 Å². The van der Waals surface area contributed by atoms with Gasteiger partial charge in [-0.3, -0.25) is 38.4 Å². The number of esters is 4. The fourth-order valence-corrected chi connectivity index (χ4v) is 12.3. The van der Waals surface area contributed by atoms with Gasteiger partial charge in [0.25, 0.3) is 0 Å². The number of benzene rings is 4. The first kappa shape index (κ1) is 72.3. The summed E-state index contributed by atoms with van der Waals surface area (Å²) in [6, 6.07) is 20.2. The first-order valence-corrected chi connectivity index (χ1v) is 33.5. The van der Waals surface area contributed by atoms with E-state index in [1.54, 1.807) is 111 Å². The minimum atomic E-state index is -0.819. The Morgan fingerprint density at radius 3 is 1.26 bits per heavy atom. The molecule has 0 radical (unpaired) electrons. The highest BCUT2D eigenvalue weighted by Gasteiger charge is 2.52. The third-order valence-corrected chi connectivity index (χ3v) is 18.2. The summed E-state index contributed by atoms with van der Waals surface area (Å²) in [6.45, 7) is 3.67. The van der Waals surface area contributed by atoms with Crippen LogP contribution in [-0.4, -0.2) is 108 Å². The summed E-state index contributed by atoms with van der Waals surface area (Å²) in [6.07, 6.45) is 20.4. The second kappa shape index (κ2) is 33.4. The van der Waals surface area contributed by atoms with Crippen LogP contribution in [0.5, 0.6) is 23.0 Å².